The van der Waals surface area contributed by atoms with E-state index in [1.165, 1.54) is 12.1 Å². The maximum atomic E-state index is 13.7. The molecule has 0 N–H and O–H groups in total. The molecule has 2 aromatic carbocycles. The highest BCUT2D eigenvalue weighted by atomic mass is 35.5. The van der Waals surface area contributed by atoms with Gasteiger partial charge < -0.3 is 0 Å². The van der Waals surface area contributed by atoms with Crippen LogP contribution in [-0.2, 0) is 6.42 Å². The number of benzene rings is 2. The zero-order chi connectivity index (χ0) is 17.4. The van der Waals surface area contributed by atoms with Gasteiger partial charge in [0.25, 0.3) is 0 Å². The standard InChI is InChI=1S/C19H14ClFN4/c1-2-17-23-15-8-7-14(21)11-16(15)25(17)18-9-10-22-19(24-18)12-3-5-13(20)6-4-12/h3-11H,2H2,1H3. The first-order chi connectivity index (χ1) is 12.2. The summed E-state index contributed by atoms with van der Waals surface area (Å²) in [4.78, 5) is 13.6. The van der Waals surface area contributed by atoms with E-state index in [0.717, 1.165) is 16.9 Å². The number of aryl methyl sites for hydroxylation is 1. The van der Waals surface area contributed by atoms with Crippen molar-refractivity contribution in [2.24, 2.45) is 0 Å². The van der Waals surface area contributed by atoms with E-state index in [-0.39, 0.29) is 5.82 Å². The molecule has 124 valence electrons. The van der Waals surface area contributed by atoms with Crippen LogP contribution >= 0.6 is 11.6 Å². The van der Waals surface area contributed by atoms with Crippen molar-refractivity contribution in [3.05, 3.63) is 71.4 Å². The molecule has 0 spiro atoms. The van der Waals surface area contributed by atoms with Crippen molar-refractivity contribution in [2.75, 3.05) is 0 Å². The lowest BCUT2D eigenvalue weighted by molar-refractivity contribution is 0.629. The van der Waals surface area contributed by atoms with Gasteiger partial charge in [-0.1, -0.05) is 18.5 Å². The van der Waals surface area contributed by atoms with Gasteiger partial charge in [0.2, 0.25) is 0 Å². The number of hydrogen-bond acceptors (Lipinski definition) is 3. The van der Waals surface area contributed by atoms with Gasteiger partial charge in [0.1, 0.15) is 17.5 Å². The largest absolute Gasteiger partial charge is 0.280 e. The number of aromatic nitrogens is 4. The summed E-state index contributed by atoms with van der Waals surface area (Å²) < 4.78 is 15.6. The van der Waals surface area contributed by atoms with E-state index < -0.39 is 0 Å². The minimum Gasteiger partial charge on any atom is -0.280 e. The summed E-state index contributed by atoms with van der Waals surface area (Å²) in [6, 6.07) is 13.7. The van der Waals surface area contributed by atoms with Crippen molar-refractivity contribution in [3.8, 4) is 17.2 Å². The molecule has 0 fully saturated rings. The monoisotopic (exact) mass is 352 g/mol. The molecule has 0 aliphatic heterocycles. The molecule has 0 saturated carbocycles. The van der Waals surface area contributed by atoms with E-state index in [0.29, 0.717) is 28.6 Å². The molecule has 0 unspecified atom stereocenters. The Morgan fingerprint density at radius 1 is 1.04 bits per heavy atom. The van der Waals surface area contributed by atoms with Crippen molar-refractivity contribution in [3.63, 3.8) is 0 Å². The van der Waals surface area contributed by atoms with Crippen LogP contribution in [-0.4, -0.2) is 19.5 Å². The van der Waals surface area contributed by atoms with Crippen LogP contribution in [0.3, 0.4) is 0 Å². The number of hydrogen-bond donors (Lipinski definition) is 0. The second-order valence-electron chi connectivity index (χ2n) is 5.60. The molecule has 4 nitrogen and oxygen atoms in total. The molecule has 2 heterocycles. The second kappa shape index (κ2) is 6.26. The highest BCUT2D eigenvalue weighted by Crippen LogP contribution is 2.24. The van der Waals surface area contributed by atoms with Crippen molar-refractivity contribution < 1.29 is 4.39 Å². The molecule has 4 aromatic rings. The van der Waals surface area contributed by atoms with Crippen molar-refractivity contribution >= 4 is 22.6 Å². The Bertz CT molecular complexity index is 1060. The van der Waals surface area contributed by atoms with Crippen LogP contribution in [0.1, 0.15) is 12.7 Å². The van der Waals surface area contributed by atoms with Gasteiger partial charge in [0.05, 0.1) is 11.0 Å². The third-order valence-corrected chi connectivity index (χ3v) is 4.23. The molecule has 0 amide bonds. The Kier molecular flexibility index (Phi) is 3.93. The summed E-state index contributed by atoms with van der Waals surface area (Å²) in [6.45, 7) is 2.01. The average Bonchev–Trinajstić information content (AvgIpc) is 3.00. The van der Waals surface area contributed by atoms with Crippen LogP contribution in [0, 0.1) is 5.82 Å². The molecule has 0 saturated heterocycles. The quantitative estimate of drug-likeness (QED) is 0.530. The summed E-state index contributed by atoms with van der Waals surface area (Å²) in [5, 5.41) is 0.657. The fourth-order valence-electron chi connectivity index (χ4n) is 2.80. The lowest BCUT2D eigenvalue weighted by atomic mass is 10.2. The van der Waals surface area contributed by atoms with E-state index in [4.69, 9.17) is 11.6 Å². The maximum Gasteiger partial charge on any atom is 0.161 e. The summed E-state index contributed by atoms with van der Waals surface area (Å²) >= 11 is 5.94. The van der Waals surface area contributed by atoms with Gasteiger partial charge in [-0.3, -0.25) is 4.57 Å². The van der Waals surface area contributed by atoms with Crippen LogP contribution in [0.15, 0.2) is 54.7 Å². The van der Waals surface area contributed by atoms with Gasteiger partial charge in [0, 0.05) is 29.3 Å². The van der Waals surface area contributed by atoms with E-state index in [1.807, 2.05) is 23.6 Å². The molecule has 0 atom stereocenters. The zero-order valence-corrected chi connectivity index (χ0v) is 14.2. The normalized spacial score (nSPS) is 11.2. The lowest BCUT2D eigenvalue weighted by Crippen LogP contribution is -2.04. The van der Waals surface area contributed by atoms with E-state index in [2.05, 4.69) is 15.0 Å². The average molecular weight is 353 g/mol. The Labute approximate surface area is 149 Å². The topological polar surface area (TPSA) is 43.6 Å². The first-order valence-electron chi connectivity index (χ1n) is 7.92. The molecule has 0 aliphatic carbocycles. The summed E-state index contributed by atoms with van der Waals surface area (Å²) in [5.74, 6) is 1.75. The number of fused-ring (bicyclic) bond motifs is 1. The summed E-state index contributed by atoms with van der Waals surface area (Å²) in [5.41, 5.74) is 2.29. The van der Waals surface area contributed by atoms with E-state index in [9.17, 15) is 4.39 Å². The van der Waals surface area contributed by atoms with Crippen molar-refractivity contribution in [1.29, 1.82) is 0 Å². The zero-order valence-electron chi connectivity index (χ0n) is 13.4. The van der Waals surface area contributed by atoms with Crippen molar-refractivity contribution in [1.82, 2.24) is 19.5 Å². The molecular formula is C19H14ClFN4. The predicted octanol–water partition coefficient (Wildman–Crippen LogP) is 4.84. The fourth-order valence-corrected chi connectivity index (χ4v) is 2.93. The first kappa shape index (κ1) is 15.7. The van der Waals surface area contributed by atoms with E-state index >= 15 is 0 Å². The molecule has 6 heteroatoms. The van der Waals surface area contributed by atoms with Crippen LogP contribution in [0.2, 0.25) is 5.02 Å². The van der Waals surface area contributed by atoms with Gasteiger partial charge in [-0.2, -0.15) is 0 Å². The summed E-state index contributed by atoms with van der Waals surface area (Å²) in [7, 11) is 0. The Morgan fingerprint density at radius 2 is 1.84 bits per heavy atom. The van der Waals surface area contributed by atoms with Gasteiger partial charge in [0.15, 0.2) is 5.82 Å². The Balaban J connectivity index is 1.90. The third-order valence-electron chi connectivity index (χ3n) is 3.97. The second-order valence-corrected chi connectivity index (χ2v) is 6.03. The molecule has 25 heavy (non-hydrogen) atoms. The molecule has 0 bridgehead atoms. The highest BCUT2D eigenvalue weighted by molar-refractivity contribution is 6.30. The number of halogens is 2. The first-order valence-corrected chi connectivity index (χ1v) is 8.30. The number of rotatable bonds is 3. The van der Waals surface area contributed by atoms with Crippen LogP contribution in [0.5, 0.6) is 0 Å². The lowest BCUT2D eigenvalue weighted by Gasteiger charge is -2.09. The molecular weight excluding hydrogens is 339 g/mol. The minimum atomic E-state index is -0.303. The highest BCUT2D eigenvalue weighted by Gasteiger charge is 2.14. The van der Waals surface area contributed by atoms with Crippen LogP contribution < -0.4 is 0 Å². The van der Waals surface area contributed by atoms with Gasteiger partial charge >= 0.3 is 0 Å². The van der Waals surface area contributed by atoms with Crippen LogP contribution in [0.25, 0.3) is 28.2 Å². The van der Waals surface area contributed by atoms with E-state index in [1.54, 1.807) is 30.5 Å². The van der Waals surface area contributed by atoms with Gasteiger partial charge in [-0.05, 0) is 42.5 Å². The van der Waals surface area contributed by atoms with Crippen LogP contribution in [0.4, 0.5) is 4.39 Å². The molecule has 2 aromatic heterocycles. The smallest absolute Gasteiger partial charge is 0.161 e. The molecule has 4 rings (SSSR count). The summed E-state index contributed by atoms with van der Waals surface area (Å²) in [6.07, 6.45) is 2.40. The van der Waals surface area contributed by atoms with Gasteiger partial charge in [-0.15, -0.1) is 0 Å². The van der Waals surface area contributed by atoms with Crippen molar-refractivity contribution in [2.45, 2.75) is 13.3 Å². The Morgan fingerprint density at radius 3 is 2.60 bits per heavy atom. The SMILES string of the molecule is CCc1nc2ccc(F)cc2n1-c1ccnc(-c2ccc(Cl)cc2)n1. The number of nitrogens with zero attached hydrogens (tertiary/aromatic N) is 4. The third kappa shape index (κ3) is 2.87. The molecule has 0 aliphatic rings. The Hall–Kier alpha value is -2.79. The van der Waals surface area contributed by atoms with Gasteiger partial charge in [-0.25, -0.2) is 19.3 Å². The molecule has 0 radical (unpaired) electrons. The maximum absolute atomic E-state index is 13.7. The predicted molar refractivity (Wildman–Crippen MR) is 96.4 cm³/mol. The minimum absolute atomic E-state index is 0.303. The number of imidazole rings is 1. The fraction of sp³-hybridized carbons (Fsp3) is 0.105.